The summed E-state index contributed by atoms with van der Waals surface area (Å²) in [5.74, 6) is 5.88. The number of aliphatic hydroxyl groups is 1. The van der Waals surface area contributed by atoms with Crippen molar-refractivity contribution in [2.45, 2.75) is 44.9 Å². The van der Waals surface area contributed by atoms with Crippen LogP contribution < -0.4 is 5.84 Å². The molecule has 4 heteroatoms. The third-order valence-corrected chi connectivity index (χ3v) is 3.33. The first-order chi connectivity index (χ1) is 5.80. The van der Waals surface area contributed by atoms with Gasteiger partial charge in [0.25, 0.3) is 0 Å². The molecule has 4 nitrogen and oxygen atoms in total. The Morgan fingerprint density at radius 3 is 2.46 bits per heavy atom. The molecule has 0 aromatic rings. The maximum atomic E-state index is 10.0. The minimum Gasteiger partial charge on any atom is -0.388 e. The third kappa shape index (κ3) is 1.59. The highest BCUT2D eigenvalue weighted by atomic mass is 16.5. The van der Waals surface area contributed by atoms with Gasteiger partial charge >= 0.3 is 0 Å². The zero-order chi connectivity index (χ0) is 10.3. The number of morpholine rings is 1. The van der Waals surface area contributed by atoms with Crippen LogP contribution in [0.4, 0.5) is 0 Å². The molecular weight excluding hydrogens is 168 g/mol. The van der Waals surface area contributed by atoms with Gasteiger partial charge in [-0.25, -0.2) is 5.01 Å². The zero-order valence-corrected chi connectivity index (χ0v) is 8.87. The van der Waals surface area contributed by atoms with Crippen molar-refractivity contribution in [2.75, 3.05) is 13.2 Å². The molecule has 0 aromatic heterocycles. The molecule has 13 heavy (non-hydrogen) atoms. The average molecular weight is 188 g/mol. The lowest BCUT2D eigenvalue weighted by Gasteiger charge is -2.52. The summed E-state index contributed by atoms with van der Waals surface area (Å²) < 4.78 is 5.51. The molecule has 1 saturated heterocycles. The predicted octanol–water partition coefficient (Wildman–Crippen LogP) is 0.110. The molecule has 1 aliphatic heterocycles. The van der Waals surface area contributed by atoms with Gasteiger partial charge in [0.05, 0.1) is 23.9 Å². The Balaban J connectivity index is 2.94. The lowest BCUT2D eigenvalue weighted by molar-refractivity contribution is -0.189. The molecule has 1 fully saturated rings. The first-order valence-electron chi connectivity index (χ1n) is 4.66. The molecule has 1 rings (SSSR count). The van der Waals surface area contributed by atoms with Crippen molar-refractivity contribution in [1.82, 2.24) is 5.01 Å². The van der Waals surface area contributed by atoms with E-state index in [4.69, 9.17) is 10.6 Å². The lowest BCUT2D eigenvalue weighted by Crippen LogP contribution is -2.71. The van der Waals surface area contributed by atoms with Crippen molar-refractivity contribution in [3.8, 4) is 0 Å². The summed E-state index contributed by atoms with van der Waals surface area (Å²) in [5, 5.41) is 11.7. The van der Waals surface area contributed by atoms with Crippen LogP contribution in [0.2, 0.25) is 0 Å². The Morgan fingerprint density at radius 1 is 1.62 bits per heavy atom. The van der Waals surface area contributed by atoms with E-state index in [1.165, 1.54) is 0 Å². The van der Waals surface area contributed by atoms with Crippen LogP contribution in [0.15, 0.2) is 0 Å². The number of ether oxygens (including phenoxy) is 1. The van der Waals surface area contributed by atoms with Crippen LogP contribution in [-0.2, 0) is 4.74 Å². The van der Waals surface area contributed by atoms with Crippen LogP contribution in [0.25, 0.3) is 0 Å². The summed E-state index contributed by atoms with van der Waals surface area (Å²) in [6, 6.07) is 0. The summed E-state index contributed by atoms with van der Waals surface area (Å²) in [5.41, 5.74) is -1.40. The van der Waals surface area contributed by atoms with E-state index < -0.39 is 11.1 Å². The predicted molar refractivity (Wildman–Crippen MR) is 51.0 cm³/mol. The Morgan fingerprint density at radius 2 is 2.15 bits per heavy atom. The third-order valence-electron chi connectivity index (χ3n) is 3.33. The van der Waals surface area contributed by atoms with Gasteiger partial charge in [-0.3, -0.25) is 5.84 Å². The molecule has 0 spiro atoms. The smallest absolute Gasteiger partial charge is 0.0863 e. The number of hydrogen-bond donors (Lipinski definition) is 2. The number of hydrogen-bond acceptors (Lipinski definition) is 4. The van der Waals surface area contributed by atoms with E-state index in [2.05, 4.69) is 0 Å². The second-order valence-corrected chi connectivity index (χ2v) is 4.41. The van der Waals surface area contributed by atoms with E-state index in [1.807, 2.05) is 13.8 Å². The highest BCUT2D eigenvalue weighted by Gasteiger charge is 2.50. The van der Waals surface area contributed by atoms with E-state index >= 15 is 0 Å². The van der Waals surface area contributed by atoms with Gasteiger partial charge in [0.1, 0.15) is 0 Å². The molecule has 3 N–H and O–H groups in total. The maximum Gasteiger partial charge on any atom is 0.0863 e. The molecule has 0 amide bonds. The van der Waals surface area contributed by atoms with Gasteiger partial charge in [0.2, 0.25) is 0 Å². The fourth-order valence-corrected chi connectivity index (χ4v) is 1.80. The molecule has 0 aromatic carbocycles. The van der Waals surface area contributed by atoms with E-state index in [-0.39, 0.29) is 6.10 Å². The topological polar surface area (TPSA) is 58.7 Å². The van der Waals surface area contributed by atoms with E-state index in [0.717, 1.165) is 0 Å². The van der Waals surface area contributed by atoms with Gasteiger partial charge in [-0.05, 0) is 27.7 Å². The largest absolute Gasteiger partial charge is 0.388 e. The maximum absolute atomic E-state index is 10.0. The van der Waals surface area contributed by atoms with Crippen molar-refractivity contribution < 1.29 is 9.84 Å². The van der Waals surface area contributed by atoms with Crippen LogP contribution in [0.3, 0.4) is 0 Å². The molecule has 0 saturated carbocycles. The Labute approximate surface area is 79.6 Å². The molecule has 2 atom stereocenters. The summed E-state index contributed by atoms with van der Waals surface area (Å²) in [4.78, 5) is 0. The minimum absolute atomic E-state index is 0.0637. The molecular formula is C9H20N2O2. The summed E-state index contributed by atoms with van der Waals surface area (Å²) in [7, 11) is 0. The second-order valence-electron chi connectivity index (χ2n) is 4.41. The Kier molecular flexibility index (Phi) is 2.69. The SMILES string of the molecule is CC1OCCN(N)C1(C)C(C)(C)O. The van der Waals surface area contributed by atoms with Gasteiger partial charge in [0.15, 0.2) is 0 Å². The first kappa shape index (κ1) is 10.9. The number of rotatable bonds is 1. The van der Waals surface area contributed by atoms with E-state index in [0.29, 0.717) is 13.2 Å². The summed E-state index contributed by atoms with van der Waals surface area (Å²) in [6.07, 6.45) is -0.0637. The Bertz CT molecular complexity index is 179. The summed E-state index contributed by atoms with van der Waals surface area (Å²) >= 11 is 0. The van der Waals surface area contributed by atoms with Crippen molar-refractivity contribution in [1.29, 1.82) is 0 Å². The fraction of sp³-hybridized carbons (Fsp3) is 1.00. The van der Waals surface area contributed by atoms with E-state index in [9.17, 15) is 5.11 Å². The van der Waals surface area contributed by atoms with Gasteiger partial charge in [0, 0.05) is 6.54 Å². The summed E-state index contributed by atoms with van der Waals surface area (Å²) in [6.45, 7) is 8.68. The number of nitrogens with two attached hydrogens (primary N) is 1. The molecule has 2 unspecified atom stereocenters. The highest BCUT2D eigenvalue weighted by molar-refractivity contribution is 5.03. The van der Waals surface area contributed by atoms with Crippen LogP contribution in [0.5, 0.6) is 0 Å². The molecule has 1 heterocycles. The van der Waals surface area contributed by atoms with Gasteiger partial charge in [-0.2, -0.15) is 0 Å². The lowest BCUT2D eigenvalue weighted by atomic mass is 9.78. The van der Waals surface area contributed by atoms with Crippen molar-refractivity contribution in [3.05, 3.63) is 0 Å². The van der Waals surface area contributed by atoms with Crippen LogP contribution in [-0.4, -0.2) is 40.5 Å². The first-order valence-corrected chi connectivity index (χ1v) is 4.66. The average Bonchev–Trinajstić information content (AvgIpc) is 1.97. The fourth-order valence-electron chi connectivity index (χ4n) is 1.80. The monoisotopic (exact) mass is 188 g/mol. The van der Waals surface area contributed by atoms with Crippen LogP contribution >= 0.6 is 0 Å². The van der Waals surface area contributed by atoms with Crippen LogP contribution in [0.1, 0.15) is 27.7 Å². The van der Waals surface area contributed by atoms with E-state index in [1.54, 1.807) is 18.9 Å². The molecule has 0 radical (unpaired) electrons. The van der Waals surface area contributed by atoms with Gasteiger partial charge < -0.3 is 9.84 Å². The molecule has 78 valence electrons. The molecule has 0 aliphatic carbocycles. The normalized spacial score (nSPS) is 37.8. The molecule has 1 aliphatic rings. The van der Waals surface area contributed by atoms with Gasteiger partial charge in [-0.15, -0.1) is 0 Å². The standard InChI is InChI=1S/C9H20N2O2/c1-7-9(4,8(2,3)12)11(10)5-6-13-7/h7,12H,5-6,10H2,1-4H3. The minimum atomic E-state index is -0.873. The number of hydrazine groups is 1. The van der Waals surface area contributed by atoms with Crippen molar-refractivity contribution >= 4 is 0 Å². The van der Waals surface area contributed by atoms with Crippen molar-refractivity contribution in [3.63, 3.8) is 0 Å². The second kappa shape index (κ2) is 3.20. The van der Waals surface area contributed by atoms with Crippen LogP contribution in [0, 0.1) is 0 Å². The zero-order valence-electron chi connectivity index (χ0n) is 8.87. The molecule has 0 bridgehead atoms. The van der Waals surface area contributed by atoms with Gasteiger partial charge in [-0.1, -0.05) is 0 Å². The number of nitrogens with zero attached hydrogens (tertiary/aromatic N) is 1. The quantitative estimate of drug-likeness (QED) is 0.573. The Hall–Kier alpha value is -0.160. The van der Waals surface area contributed by atoms with Crippen molar-refractivity contribution in [2.24, 2.45) is 5.84 Å². The highest BCUT2D eigenvalue weighted by Crippen LogP contribution is 2.33.